The molecule has 0 radical (unpaired) electrons. The van der Waals surface area contributed by atoms with Gasteiger partial charge in [-0.3, -0.25) is 4.79 Å². The van der Waals surface area contributed by atoms with E-state index in [0.29, 0.717) is 6.42 Å². The van der Waals surface area contributed by atoms with Gasteiger partial charge in [0.25, 0.3) is 0 Å². The first-order valence-corrected chi connectivity index (χ1v) is 11.0. The molecule has 7 heteroatoms. The molecule has 174 valence electrons. The van der Waals surface area contributed by atoms with Crippen LogP contribution in [0.1, 0.15) is 44.2 Å². The molecule has 0 spiro atoms. The Morgan fingerprint density at radius 3 is 2.15 bits per heavy atom. The molecule has 0 saturated heterocycles. The van der Waals surface area contributed by atoms with Gasteiger partial charge in [-0.25, -0.2) is 9.59 Å². The number of carbonyl (C=O) groups is 3. The van der Waals surface area contributed by atoms with Crippen LogP contribution in [0.4, 0.5) is 4.79 Å². The number of carbonyl (C=O) groups excluding carboxylic acids is 2. The molecule has 0 aliphatic heterocycles. The van der Waals surface area contributed by atoms with E-state index in [1.54, 1.807) is 13.8 Å². The molecule has 1 aliphatic carbocycles. The van der Waals surface area contributed by atoms with E-state index in [9.17, 15) is 14.4 Å². The number of rotatable bonds is 9. The van der Waals surface area contributed by atoms with E-state index in [-0.39, 0.29) is 37.1 Å². The second-order valence-corrected chi connectivity index (χ2v) is 8.79. The van der Waals surface area contributed by atoms with Crippen molar-refractivity contribution in [3.63, 3.8) is 0 Å². The van der Waals surface area contributed by atoms with Crippen LogP contribution in [0, 0.1) is 5.41 Å². The molecule has 2 aromatic rings. The van der Waals surface area contributed by atoms with Crippen LogP contribution in [0.25, 0.3) is 11.1 Å². The number of hydrogen-bond donors (Lipinski definition) is 3. The van der Waals surface area contributed by atoms with Gasteiger partial charge in [0, 0.05) is 30.0 Å². The average Bonchev–Trinajstić information content (AvgIpc) is 3.11. The molecule has 2 aromatic carbocycles. The summed E-state index contributed by atoms with van der Waals surface area (Å²) >= 11 is 0. The van der Waals surface area contributed by atoms with Crippen molar-refractivity contribution < 1.29 is 24.2 Å². The molecule has 0 atom stereocenters. The van der Waals surface area contributed by atoms with Gasteiger partial charge in [0.05, 0.1) is 0 Å². The molecule has 2 amide bonds. The van der Waals surface area contributed by atoms with Gasteiger partial charge in [0.15, 0.2) is 0 Å². The number of hydrogen-bond acceptors (Lipinski definition) is 4. The number of nitrogens with one attached hydrogen (secondary N) is 2. The molecule has 3 N–H and O–H groups in total. The Morgan fingerprint density at radius 1 is 1.00 bits per heavy atom. The highest BCUT2D eigenvalue weighted by atomic mass is 16.5. The summed E-state index contributed by atoms with van der Waals surface area (Å²) in [5.74, 6) is -1.24. The second-order valence-electron chi connectivity index (χ2n) is 8.79. The van der Waals surface area contributed by atoms with Gasteiger partial charge in [-0.1, -0.05) is 68.5 Å². The Kier molecular flexibility index (Phi) is 7.53. The Bertz CT molecular complexity index is 1030. The molecule has 0 bridgehead atoms. The van der Waals surface area contributed by atoms with Gasteiger partial charge in [0.2, 0.25) is 5.91 Å². The molecule has 33 heavy (non-hydrogen) atoms. The Morgan fingerprint density at radius 2 is 1.58 bits per heavy atom. The average molecular weight is 451 g/mol. The summed E-state index contributed by atoms with van der Waals surface area (Å²) in [7, 11) is 0. The fraction of sp³-hybridized carbons (Fsp3) is 0.346. The van der Waals surface area contributed by atoms with E-state index in [1.165, 1.54) is 24.1 Å². The van der Waals surface area contributed by atoms with Gasteiger partial charge < -0.3 is 20.5 Å². The number of carboxylic acids is 1. The van der Waals surface area contributed by atoms with E-state index in [1.807, 2.05) is 24.3 Å². The number of alkyl carbamates (subject to hydrolysis) is 1. The predicted molar refractivity (Wildman–Crippen MR) is 126 cm³/mol. The fourth-order valence-corrected chi connectivity index (χ4v) is 3.86. The third-order valence-corrected chi connectivity index (χ3v) is 5.99. The van der Waals surface area contributed by atoms with Crippen LogP contribution in [0.3, 0.4) is 0 Å². The minimum absolute atomic E-state index is 0.00678. The number of ether oxygens (including phenoxy) is 1. The standard InChI is InChI=1S/C26H30N2O5/c1-17(23(29)30)12-14-27-24(31)26(2,3)13-15-28-25(32)33-16-22-20-10-6-4-8-18(20)19-9-5-7-11-21(19)22/h4-12,22H,13-16H2,1-3H3,(H,27,31)(H,28,32)(H,29,30)/b17-12+. The number of amides is 2. The summed E-state index contributed by atoms with van der Waals surface area (Å²) in [5, 5.41) is 14.3. The molecular formula is C26H30N2O5. The first-order chi connectivity index (χ1) is 15.7. The smallest absolute Gasteiger partial charge is 0.407 e. The lowest BCUT2D eigenvalue weighted by atomic mass is 9.88. The molecule has 0 heterocycles. The van der Waals surface area contributed by atoms with Gasteiger partial charge in [-0.2, -0.15) is 0 Å². The summed E-state index contributed by atoms with van der Waals surface area (Å²) in [5.41, 5.74) is 4.08. The van der Waals surface area contributed by atoms with Crippen LogP contribution < -0.4 is 10.6 Å². The van der Waals surface area contributed by atoms with Crippen molar-refractivity contribution in [1.82, 2.24) is 10.6 Å². The van der Waals surface area contributed by atoms with Crippen molar-refractivity contribution >= 4 is 18.0 Å². The Labute approximate surface area is 193 Å². The number of benzene rings is 2. The number of fused-ring (bicyclic) bond motifs is 3. The number of carboxylic acid groups (broad SMARTS) is 1. The highest BCUT2D eigenvalue weighted by Gasteiger charge is 2.29. The first-order valence-electron chi connectivity index (χ1n) is 11.0. The van der Waals surface area contributed by atoms with Crippen LogP contribution >= 0.6 is 0 Å². The molecule has 1 aliphatic rings. The third kappa shape index (κ3) is 5.80. The predicted octanol–water partition coefficient (Wildman–Crippen LogP) is 4.09. The van der Waals surface area contributed by atoms with Crippen LogP contribution in [-0.4, -0.2) is 42.8 Å². The zero-order chi connectivity index (χ0) is 24.0. The van der Waals surface area contributed by atoms with Crippen molar-refractivity contribution in [2.75, 3.05) is 19.7 Å². The van der Waals surface area contributed by atoms with Crippen molar-refractivity contribution in [2.24, 2.45) is 5.41 Å². The van der Waals surface area contributed by atoms with Crippen LogP contribution in [0.15, 0.2) is 60.2 Å². The molecular weight excluding hydrogens is 420 g/mol. The third-order valence-electron chi connectivity index (χ3n) is 5.99. The lowest BCUT2D eigenvalue weighted by Crippen LogP contribution is -2.39. The zero-order valence-electron chi connectivity index (χ0n) is 19.2. The molecule has 0 fully saturated rings. The minimum atomic E-state index is -1.02. The Hall–Kier alpha value is -3.61. The van der Waals surface area contributed by atoms with Crippen LogP contribution in [0.5, 0.6) is 0 Å². The van der Waals surface area contributed by atoms with Gasteiger partial charge in [-0.15, -0.1) is 0 Å². The van der Waals surface area contributed by atoms with Crippen molar-refractivity contribution in [1.29, 1.82) is 0 Å². The highest BCUT2D eigenvalue weighted by Crippen LogP contribution is 2.44. The summed E-state index contributed by atoms with van der Waals surface area (Å²) in [6, 6.07) is 16.3. The van der Waals surface area contributed by atoms with E-state index >= 15 is 0 Å². The monoisotopic (exact) mass is 450 g/mol. The molecule has 0 aromatic heterocycles. The molecule has 0 saturated carbocycles. The van der Waals surface area contributed by atoms with E-state index in [2.05, 4.69) is 34.9 Å². The van der Waals surface area contributed by atoms with E-state index in [4.69, 9.17) is 9.84 Å². The fourth-order valence-electron chi connectivity index (χ4n) is 3.86. The first kappa shape index (κ1) is 24.0. The van der Waals surface area contributed by atoms with Crippen LogP contribution in [0.2, 0.25) is 0 Å². The Balaban J connectivity index is 1.47. The summed E-state index contributed by atoms with van der Waals surface area (Å²) in [4.78, 5) is 35.5. The molecule has 3 rings (SSSR count). The maximum Gasteiger partial charge on any atom is 0.407 e. The lowest BCUT2D eigenvalue weighted by molar-refractivity contribution is -0.133. The molecule has 0 unspecified atom stereocenters. The lowest BCUT2D eigenvalue weighted by Gasteiger charge is -2.23. The van der Waals surface area contributed by atoms with Crippen molar-refractivity contribution in [2.45, 2.75) is 33.1 Å². The molecule has 7 nitrogen and oxygen atoms in total. The number of aliphatic carboxylic acids is 1. The maximum atomic E-state index is 12.4. The largest absolute Gasteiger partial charge is 0.478 e. The van der Waals surface area contributed by atoms with Gasteiger partial charge in [-0.05, 0) is 35.6 Å². The van der Waals surface area contributed by atoms with E-state index in [0.717, 1.165) is 11.1 Å². The summed E-state index contributed by atoms with van der Waals surface area (Å²) < 4.78 is 5.51. The summed E-state index contributed by atoms with van der Waals surface area (Å²) in [6.07, 6.45) is 1.34. The quantitative estimate of drug-likeness (QED) is 0.499. The van der Waals surface area contributed by atoms with Gasteiger partial charge >= 0.3 is 12.1 Å². The van der Waals surface area contributed by atoms with Gasteiger partial charge in [0.1, 0.15) is 6.61 Å². The van der Waals surface area contributed by atoms with Crippen molar-refractivity contribution in [3.05, 3.63) is 71.3 Å². The zero-order valence-corrected chi connectivity index (χ0v) is 19.2. The highest BCUT2D eigenvalue weighted by molar-refractivity contribution is 5.86. The minimum Gasteiger partial charge on any atom is -0.478 e. The summed E-state index contributed by atoms with van der Waals surface area (Å²) in [6.45, 7) is 5.67. The topological polar surface area (TPSA) is 105 Å². The normalized spacial score (nSPS) is 13.1. The van der Waals surface area contributed by atoms with E-state index < -0.39 is 17.5 Å². The van der Waals surface area contributed by atoms with Crippen LogP contribution in [-0.2, 0) is 14.3 Å². The SMILES string of the molecule is C/C(=C\CNC(=O)C(C)(C)CCNC(=O)OCC1c2ccccc2-c2ccccc21)C(=O)O. The van der Waals surface area contributed by atoms with Crippen molar-refractivity contribution in [3.8, 4) is 11.1 Å². The second kappa shape index (κ2) is 10.3. The maximum absolute atomic E-state index is 12.4.